The highest BCUT2D eigenvalue weighted by atomic mass is 32.2. The number of carboxylic acid groups (broad SMARTS) is 1. The molecule has 41 heavy (non-hydrogen) atoms. The van der Waals surface area contributed by atoms with Crippen molar-refractivity contribution in [2.45, 2.75) is 36.5 Å². The van der Waals surface area contributed by atoms with Crippen molar-refractivity contribution in [2.75, 3.05) is 18.2 Å². The summed E-state index contributed by atoms with van der Waals surface area (Å²) in [7, 11) is -2.12. The molecule has 3 N–H and O–H groups in total. The molecule has 214 valence electrons. The fourth-order valence-corrected chi connectivity index (χ4v) is 6.71. The number of thioether (sulfide) groups is 1. The Morgan fingerprint density at radius 2 is 1.68 bits per heavy atom. The lowest BCUT2D eigenvalue weighted by atomic mass is 9.92. The van der Waals surface area contributed by atoms with Gasteiger partial charge >= 0.3 is 5.97 Å². The Morgan fingerprint density at radius 1 is 1.02 bits per heavy atom. The third-order valence-electron chi connectivity index (χ3n) is 6.93. The number of aromatic nitrogens is 2. The molecule has 0 saturated carbocycles. The molecular weight excluding hydrogens is 560 g/mol. The maximum Gasteiger partial charge on any atom is 0.320 e. The molecule has 0 aliphatic rings. The van der Waals surface area contributed by atoms with Gasteiger partial charge in [0.2, 0.25) is 0 Å². The molecule has 0 bridgehead atoms. The van der Waals surface area contributed by atoms with E-state index in [4.69, 9.17) is 5.73 Å². The molecule has 2 atom stereocenters. The van der Waals surface area contributed by atoms with E-state index < -0.39 is 27.3 Å². The van der Waals surface area contributed by atoms with Gasteiger partial charge in [0.15, 0.2) is 11.6 Å². The first-order valence-electron chi connectivity index (χ1n) is 12.8. The number of nitrogens with zero attached hydrogens (tertiary/aromatic N) is 3. The Hall–Kier alpha value is -3.93. The second kappa shape index (κ2) is 12.3. The van der Waals surface area contributed by atoms with Crippen LogP contribution in [0.3, 0.4) is 0 Å². The molecule has 0 radical (unpaired) electrons. The first-order valence-corrected chi connectivity index (χ1v) is 15.5. The van der Waals surface area contributed by atoms with Gasteiger partial charge in [0.05, 0.1) is 21.5 Å². The van der Waals surface area contributed by atoms with Crippen molar-refractivity contribution in [2.24, 2.45) is 5.73 Å². The fraction of sp³-hybridized carbons (Fsp3) is 0.233. The lowest BCUT2D eigenvalue weighted by Crippen LogP contribution is -2.35. The van der Waals surface area contributed by atoms with Gasteiger partial charge in [-0.05, 0) is 50.3 Å². The Labute approximate surface area is 244 Å². The Bertz CT molecular complexity index is 1670. The summed E-state index contributed by atoms with van der Waals surface area (Å²) in [6.07, 6.45) is 3.01. The van der Waals surface area contributed by atoms with Gasteiger partial charge in [0.25, 0.3) is 10.0 Å². The highest BCUT2D eigenvalue weighted by molar-refractivity contribution is 8.00. The van der Waals surface area contributed by atoms with Crippen molar-refractivity contribution in [3.05, 3.63) is 95.9 Å². The predicted octanol–water partition coefficient (Wildman–Crippen LogP) is 4.89. The van der Waals surface area contributed by atoms with Crippen LogP contribution in [0.5, 0.6) is 0 Å². The normalized spacial score (nSPS) is 13.0. The molecule has 1 unspecified atom stereocenters. The molecule has 4 rings (SSSR count). The zero-order valence-electron chi connectivity index (χ0n) is 23.2. The summed E-state index contributed by atoms with van der Waals surface area (Å²) >= 11 is 1.25. The van der Waals surface area contributed by atoms with Crippen LogP contribution in [0.25, 0.3) is 11.1 Å². The minimum Gasteiger partial charge on any atom is -0.480 e. The summed E-state index contributed by atoms with van der Waals surface area (Å²) in [6, 6.07) is 20.1. The van der Waals surface area contributed by atoms with Crippen LogP contribution < -0.4 is 10.6 Å². The summed E-state index contributed by atoms with van der Waals surface area (Å²) in [5.74, 6) is -1.01. The number of aryl methyl sites for hydroxylation is 1. The fourth-order valence-electron chi connectivity index (χ4n) is 4.64. The molecule has 3 aromatic carbocycles. The number of Topliss-reactive ketones (excluding diaryl/α,β-unsaturated/α-hetero) is 1. The molecule has 0 spiro atoms. The lowest BCUT2D eigenvalue weighted by Gasteiger charge is -2.25. The number of rotatable bonds is 11. The number of aliphatic carboxylic acids is 1. The summed E-state index contributed by atoms with van der Waals surface area (Å²) in [6.45, 7) is 3.57. The van der Waals surface area contributed by atoms with Gasteiger partial charge < -0.3 is 15.7 Å². The topological polar surface area (TPSA) is 136 Å². The van der Waals surface area contributed by atoms with Crippen molar-refractivity contribution >= 4 is 45.0 Å². The highest BCUT2D eigenvalue weighted by Gasteiger charge is 2.29. The zero-order valence-corrected chi connectivity index (χ0v) is 24.8. The van der Waals surface area contributed by atoms with Gasteiger partial charge in [-0.1, -0.05) is 60.2 Å². The predicted molar refractivity (Wildman–Crippen MR) is 163 cm³/mol. The van der Waals surface area contributed by atoms with E-state index in [9.17, 15) is 23.1 Å². The third-order valence-corrected chi connectivity index (χ3v) is 9.66. The van der Waals surface area contributed by atoms with E-state index in [1.54, 1.807) is 61.5 Å². The molecule has 1 aromatic heterocycles. The standard InChI is InChI=1S/C30H32N4O5S2/c1-19-13-15-22(16-14-19)41(38,39)34-18-32-29(20(34)2)33(3)25-12-8-11-23(27(25)21-9-6-5-7-10-21)28(35)26(40-4)17-24(31)30(36)37/h5-16,18,24,26H,17,31H2,1-4H3,(H,36,37)/t24-,26?/m0/s1. The van der Waals surface area contributed by atoms with Crippen molar-refractivity contribution in [3.8, 4) is 11.1 Å². The Balaban J connectivity index is 1.82. The van der Waals surface area contributed by atoms with Gasteiger partial charge in [-0.25, -0.2) is 17.4 Å². The SMILES string of the molecule is CSC(C[C@H](N)C(=O)O)C(=O)c1cccc(N(C)c2ncn(S(=O)(=O)c3ccc(C)cc3)c2C)c1-c1ccccc1. The number of hydrogen-bond donors (Lipinski definition) is 2. The minimum absolute atomic E-state index is 0.0238. The van der Waals surface area contributed by atoms with Gasteiger partial charge in [-0.15, -0.1) is 0 Å². The number of carboxylic acids is 1. The average molecular weight is 593 g/mol. The maximum absolute atomic E-state index is 13.8. The van der Waals surface area contributed by atoms with Gasteiger partial charge in [-0.3, -0.25) is 9.59 Å². The average Bonchev–Trinajstić information content (AvgIpc) is 3.37. The third kappa shape index (κ3) is 6.07. The van der Waals surface area contributed by atoms with Crippen LogP contribution in [0.15, 0.2) is 84.0 Å². The number of benzene rings is 3. The van der Waals surface area contributed by atoms with Crippen LogP contribution >= 0.6 is 11.8 Å². The number of ketones is 1. The van der Waals surface area contributed by atoms with Gasteiger partial charge in [-0.2, -0.15) is 11.8 Å². The molecule has 0 aliphatic heterocycles. The van der Waals surface area contributed by atoms with Crippen LogP contribution in [0, 0.1) is 13.8 Å². The first-order chi connectivity index (χ1) is 19.5. The van der Waals surface area contributed by atoms with Crippen molar-refractivity contribution < 1.29 is 23.1 Å². The molecule has 4 aromatic rings. The van der Waals surface area contributed by atoms with Crippen LogP contribution in [0.2, 0.25) is 0 Å². The quantitative estimate of drug-likeness (QED) is 0.233. The smallest absolute Gasteiger partial charge is 0.320 e. The summed E-state index contributed by atoms with van der Waals surface area (Å²) in [5.41, 5.74) is 9.56. The van der Waals surface area contributed by atoms with E-state index in [2.05, 4.69) is 4.98 Å². The molecule has 0 saturated heterocycles. The van der Waals surface area contributed by atoms with Crippen LogP contribution in [0.4, 0.5) is 11.5 Å². The largest absolute Gasteiger partial charge is 0.480 e. The molecular formula is C30H32N4O5S2. The molecule has 0 aliphatic carbocycles. The monoisotopic (exact) mass is 592 g/mol. The molecule has 1 heterocycles. The number of nitrogens with two attached hydrogens (primary N) is 1. The second-order valence-corrected chi connectivity index (χ2v) is 12.5. The van der Waals surface area contributed by atoms with Crippen LogP contribution in [-0.4, -0.2) is 58.8 Å². The Morgan fingerprint density at radius 3 is 2.29 bits per heavy atom. The lowest BCUT2D eigenvalue weighted by molar-refractivity contribution is -0.138. The van der Waals surface area contributed by atoms with Crippen molar-refractivity contribution in [1.82, 2.24) is 8.96 Å². The molecule has 0 amide bonds. The van der Waals surface area contributed by atoms with E-state index in [1.807, 2.05) is 43.3 Å². The summed E-state index contributed by atoms with van der Waals surface area (Å²) in [4.78, 5) is 31.6. The number of hydrogen-bond acceptors (Lipinski definition) is 8. The van der Waals surface area contributed by atoms with E-state index >= 15 is 0 Å². The second-order valence-electron chi connectivity index (χ2n) is 9.66. The van der Waals surface area contributed by atoms with Crippen LogP contribution in [0.1, 0.15) is 28.0 Å². The molecule has 11 heteroatoms. The van der Waals surface area contributed by atoms with E-state index in [-0.39, 0.29) is 17.1 Å². The maximum atomic E-state index is 13.8. The van der Waals surface area contributed by atoms with Gasteiger partial charge in [0.1, 0.15) is 12.4 Å². The summed E-state index contributed by atoms with van der Waals surface area (Å²) < 4.78 is 28.0. The number of imidazole rings is 1. The first kappa shape index (κ1) is 30.0. The van der Waals surface area contributed by atoms with Crippen molar-refractivity contribution in [1.29, 1.82) is 0 Å². The Kier molecular flexibility index (Phi) is 9.01. The van der Waals surface area contributed by atoms with Gasteiger partial charge in [0, 0.05) is 18.2 Å². The number of carbonyl (C=O) groups excluding carboxylic acids is 1. The minimum atomic E-state index is -3.89. The number of carbonyl (C=O) groups is 2. The van der Waals surface area contributed by atoms with Crippen molar-refractivity contribution in [3.63, 3.8) is 0 Å². The van der Waals surface area contributed by atoms with E-state index in [0.717, 1.165) is 15.1 Å². The highest BCUT2D eigenvalue weighted by Crippen LogP contribution is 2.39. The van der Waals surface area contributed by atoms with E-state index in [0.29, 0.717) is 28.3 Å². The molecule has 0 fully saturated rings. The zero-order chi connectivity index (χ0) is 29.9. The van der Waals surface area contributed by atoms with E-state index in [1.165, 1.54) is 18.1 Å². The number of anilines is 2. The van der Waals surface area contributed by atoms with Crippen LogP contribution in [-0.2, 0) is 14.8 Å². The molecule has 9 nitrogen and oxygen atoms in total. The summed E-state index contributed by atoms with van der Waals surface area (Å²) in [5, 5.41) is 8.64.